The summed E-state index contributed by atoms with van der Waals surface area (Å²) in [5.74, 6) is -0.869. The van der Waals surface area contributed by atoms with Gasteiger partial charge >= 0.3 is 0 Å². The molecular weight excluding hydrogens is 569 g/mol. The van der Waals surface area contributed by atoms with Gasteiger partial charge < -0.3 is 10.2 Å². The summed E-state index contributed by atoms with van der Waals surface area (Å²) >= 11 is 12.7. The molecule has 1 unspecified atom stereocenters. The van der Waals surface area contributed by atoms with Crippen LogP contribution in [0.15, 0.2) is 71.6 Å². The topological polar surface area (TPSA) is 86.8 Å². The molecule has 7 nitrogen and oxygen atoms in total. The molecular formula is C30H35Cl2N3O4S. The Labute approximate surface area is 247 Å². The zero-order valence-electron chi connectivity index (χ0n) is 23.3. The van der Waals surface area contributed by atoms with Crippen LogP contribution in [-0.2, 0) is 26.2 Å². The molecule has 0 fully saturated rings. The standard InChI is InChI=1S/C30H35Cl2N3O4S/c1-6-27(30(37)33-20(2)3)34(18-23-9-7-8-22(5)16-23)29(36)19-35(28-17-24(31)12-15-26(28)32)40(38,39)25-13-10-21(4)11-14-25/h7-17,20,27H,6,18-19H2,1-5H3,(H,33,37). The van der Waals surface area contributed by atoms with Crippen LogP contribution < -0.4 is 9.62 Å². The number of benzene rings is 3. The molecule has 1 N–H and O–H groups in total. The normalized spacial score (nSPS) is 12.2. The Morgan fingerprint density at radius 1 is 0.925 bits per heavy atom. The van der Waals surface area contributed by atoms with Crippen LogP contribution in [0.25, 0.3) is 0 Å². The zero-order chi connectivity index (χ0) is 29.6. The molecule has 0 aromatic heterocycles. The number of hydrogen-bond acceptors (Lipinski definition) is 4. The van der Waals surface area contributed by atoms with Gasteiger partial charge in [-0.05, 0) is 70.0 Å². The molecule has 0 aliphatic heterocycles. The van der Waals surface area contributed by atoms with E-state index in [1.54, 1.807) is 18.2 Å². The lowest BCUT2D eigenvalue weighted by Gasteiger charge is -2.34. The van der Waals surface area contributed by atoms with E-state index in [0.717, 1.165) is 21.0 Å². The number of amides is 2. The lowest BCUT2D eigenvalue weighted by atomic mass is 10.1. The Morgan fingerprint density at radius 3 is 2.20 bits per heavy atom. The van der Waals surface area contributed by atoms with E-state index in [1.807, 2.05) is 58.9 Å². The smallest absolute Gasteiger partial charge is 0.264 e. The molecule has 0 aliphatic carbocycles. The SMILES string of the molecule is CCC(C(=O)NC(C)C)N(Cc1cccc(C)c1)C(=O)CN(c1cc(Cl)ccc1Cl)S(=O)(=O)c1ccc(C)cc1. The minimum absolute atomic E-state index is 0.00299. The molecule has 0 radical (unpaired) electrons. The van der Waals surface area contributed by atoms with Crippen molar-refractivity contribution >= 4 is 50.7 Å². The molecule has 3 aromatic rings. The largest absolute Gasteiger partial charge is 0.352 e. The first-order chi connectivity index (χ1) is 18.8. The van der Waals surface area contributed by atoms with Gasteiger partial charge in [0.2, 0.25) is 11.8 Å². The highest BCUT2D eigenvalue weighted by atomic mass is 35.5. The lowest BCUT2D eigenvalue weighted by Crippen LogP contribution is -2.53. The molecule has 40 heavy (non-hydrogen) atoms. The van der Waals surface area contributed by atoms with Crippen LogP contribution in [0, 0.1) is 13.8 Å². The third-order valence-electron chi connectivity index (χ3n) is 6.32. The predicted molar refractivity (Wildman–Crippen MR) is 161 cm³/mol. The van der Waals surface area contributed by atoms with Crippen LogP contribution in [-0.4, -0.2) is 43.8 Å². The highest BCUT2D eigenvalue weighted by Gasteiger charge is 2.34. The molecule has 3 rings (SSSR count). The second-order valence-corrected chi connectivity index (χ2v) is 12.7. The van der Waals surface area contributed by atoms with Crippen molar-refractivity contribution in [3.63, 3.8) is 0 Å². The van der Waals surface area contributed by atoms with Crippen molar-refractivity contribution in [1.29, 1.82) is 0 Å². The van der Waals surface area contributed by atoms with Crippen molar-refractivity contribution in [1.82, 2.24) is 10.2 Å². The molecule has 214 valence electrons. The number of rotatable bonds is 11. The number of aryl methyl sites for hydroxylation is 2. The fraction of sp³-hybridized carbons (Fsp3) is 0.333. The molecule has 0 aliphatic rings. The van der Waals surface area contributed by atoms with Crippen molar-refractivity contribution in [2.45, 2.75) is 64.6 Å². The summed E-state index contributed by atoms with van der Waals surface area (Å²) in [6.45, 7) is 8.81. The number of nitrogens with zero attached hydrogens (tertiary/aromatic N) is 2. The monoisotopic (exact) mass is 603 g/mol. The quantitative estimate of drug-likeness (QED) is 0.285. The van der Waals surface area contributed by atoms with E-state index >= 15 is 0 Å². The first-order valence-electron chi connectivity index (χ1n) is 13.0. The highest BCUT2D eigenvalue weighted by molar-refractivity contribution is 7.92. The number of hydrogen-bond donors (Lipinski definition) is 1. The predicted octanol–water partition coefficient (Wildman–Crippen LogP) is 6.14. The Hall–Kier alpha value is -3.07. The average molecular weight is 605 g/mol. The third kappa shape index (κ3) is 7.77. The van der Waals surface area contributed by atoms with Gasteiger partial charge in [0.15, 0.2) is 0 Å². The molecule has 1 atom stereocenters. The van der Waals surface area contributed by atoms with E-state index < -0.39 is 28.5 Å². The van der Waals surface area contributed by atoms with Crippen molar-refractivity contribution in [3.05, 3.63) is 93.5 Å². The van der Waals surface area contributed by atoms with E-state index in [0.29, 0.717) is 6.42 Å². The van der Waals surface area contributed by atoms with Gasteiger partial charge in [-0.2, -0.15) is 0 Å². The fourth-order valence-corrected chi connectivity index (χ4v) is 6.20. The summed E-state index contributed by atoms with van der Waals surface area (Å²) in [5, 5.41) is 3.26. The van der Waals surface area contributed by atoms with Crippen molar-refractivity contribution in [3.8, 4) is 0 Å². The van der Waals surface area contributed by atoms with Gasteiger partial charge in [-0.15, -0.1) is 0 Å². The van der Waals surface area contributed by atoms with Crippen LogP contribution in [0.3, 0.4) is 0 Å². The van der Waals surface area contributed by atoms with Gasteiger partial charge in [-0.1, -0.05) is 77.7 Å². The Bertz CT molecular complexity index is 1460. The third-order valence-corrected chi connectivity index (χ3v) is 8.65. The molecule has 0 saturated heterocycles. The Morgan fingerprint density at radius 2 is 1.60 bits per heavy atom. The van der Waals surface area contributed by atoms with E-state index in [1.165, 1.54) is 29.2 Å². The maximum atomic E-state index is 14.1. The first kappa shape index (κ1) is 31.5. The average Bonchev–Trinajstić information content (AvgIpc) is 2.88. The minimum Gasteiger partial charge on any atom is -0.352 e. The fourth-order valence-electron chi connectivity index (χ4n) is 4.34. The number of halogens is 2. The zero-order valence-corrected chi connectivity index (χ0v) is 25.6. The van der Waals surface area contributed by atoms with Crippen molar-refractivity contribution < 1.29 is 18.0 Å². The van der Waals surface area contributed by atoms with E-state index in [-0.39, 0.29) is 39.1 Å². The summed E-state index contributed by atoms with van der Waals surface area (Å²) in [6.07, 6.45) is 0.332. The van der Waals surface area contributed by atoms with Crippen LogP contribution >= 0.6 is 23.2 Å². The summed E-state index contributed by atoms with van der Waals surface area (Å²) in [4.78, 5) is 28.7. The summed E-state index contributed by atoms with van der Waals surface area (Å²) in [6, 6.07) is 17.4. The van der Waals surface area contributed by atoms with Gasteiger partial charge in [-0.25, -0.2) is 8.42 Å². The second kappa shape index (κ2) is 13.5. The number of nitrogens with one attached hydrogen (secondary N) is 1. The summed E-state index contributed by atoms with van der Waals surface area (Å²) < 4.78 is 28.9. The Kier molecular flexibility index (Phi) is 10.6. The van der Waals surface area contributed by atoms with Crippen LogP contribution in [0.1, 0.15) is 43.9 Å². The Balaban J connectivity index is 2.11. The molecule has 0 bridgehead atoms. The van der Waals surface area contributed by atoms with Crippen LogP contribution in [0.4, 0.5) is 5.69 Å². The van der Waals surface area contributed by atoms with Crippen LogP contribution in [0.5, 0.6) is 0 Å². The maximum absolute atomic E-state index is 14.1. The number of carbonyl (C=O) groups excluding carboxylic acids is 2. The number of sulfonamides is 1. The number of anilines is 1. The summed E-state index contributed by atoms with van der Waals surface area (Å²) in [7, 11) is -4.25. The molecule has 10 heteroatoms. The summed E-state index contributed by atoms with van der Waals surface area (Å²) in [5.41, 5.74) is 2.77. The van der Waals surface area contributed by atoms with Gasteiger partial charge in [0, 0.05) is 17.6 Å². The maximum Gasteiger partial charge on any atom is 0.264 e. The van der Waals surface area contributed by atoms with Gasteiger partial charge in [0.25, 0.3) is 10.0 Å². The lowest BCUT2D eigenvalue weighted by molar-refractivity contribution is -0.140. The van der Waals surface area contributed by atoms with E-state index in [9.17, 15) is 18.0 Å². The van der Waals surface area contributed by atoms with Crippen molar-refractivity contribution in [2.24, 2.45) is 0 Å². The minimum atomic E-state index is -4.25. The first-order valence-corrected chi connectivity index (χ1v) is 15.2. The van der Waals surface area contributed by atoms with Gasteiger partial charge in [0.05, 0.1) is 15.6 Å². The second-order valence-electron chi connectivity index (χ2n) is 10.0. The number of carbonyl (C=O) groups is 2. The molecule has 3 aromatic carbocycles. The van der Waals surface area contributed by atoms with E-state index in [4.69, 9.17) is 23.2 Å². The van der Waals surface area contributed by atoms with Gasteiger partial charge in [-0.3, -0.25) is 13.9 Å². The van der Waals surface area contributed by atoms with E-state index in [2.05, 4.69) is 5.32 Å². The highest BCUT2D eigenvalue weighted by Crippen LogP contribution is 2.33. The molecule has 0 spiro atoms. The van der Waals surface area contributed by atoms with Crippen LogP contribution in [0.2, 0.25) is 10.0 Å². The molecule has 2 amide bonds. The van der Waals surface area contributed by atoms with Crippen molar-refractivity contribution in [2.75, 3.05) is 10.8 Å². The molecule has 0 heterocycles. The molecule has 0 saturated carbocycles. The van der Waals surface area contributed by atoms with Gasteiger partial charge in [0.1, 0.15) is 12.6 Å².